The van der Waals surface area contributed by atoms with Crippen LogP contribution in [0.5, 0.6) is 0 Å². The fraction of sp³-hybridized carbons (Fsp3) is 0.733. The lowest BCUT2D eigenvalue weighted by molar-refractivity contribution is 0.0101. The number of aliphatic hydroxyl groups is 2. The summed E-state index contributed by atoms with van der Waals surface area (Å²) in [7, 11) is 0. The van der Waals surface area contributed by atoms with Gasteiger partial charge in [0.1, 0.15) is 0 Å². The normalized spacial score (nSPS) is 38.2. The van der Waals surface area contributed by atoms with Crippen LogP contribution in [0.25, 0.3) is 0 Å². The average Bonchev–Trinajstić information content (AvgIpc) is 2.14. The molecule has 3 unspecified atom stereocenters. The molecule has 0 bridgehead atoms. The molecule has 0 radical (unpaired) electrons. The fourth-order valence-corrected chi connectivity index (χ4v) is 2.65. The highest BCUT2D eigenvalue weighted by Gasteiger charge is 2.29. The molecule has 0 fully saturated rings. The van der Waals surface area contributed by atoms with E-state index in [9.17, 15) is 10.2 Å². The van der Waals surface area contributed by atoms with Crippen LogP contribution in [-0.2, 0) is 0 Å². The maximum atomic E-state index is 10.3. The van der Waals surface area contributed by atoms with Gasteiger partial charge in [-0.25, -0.2) is 0 Å². The summed E-state index contributed by atoms with van der Waals surface area (Å²) < 4.78 is 0. The largest absolute Gasteiger partial charge is 0.392 e. The third kappa shape index (κ3) is 4.29. The Bertz CT molecular complexity index is 302. The predicted molar refractivity (Wildman–Crippen MR) is 71.7 cm³/mol. The predicted octanol–water partition coefficient (Wildman–Crippen LogP) is 3.06. The van der Waals surface area contributed by atoms with Crippen LogP contribution in [0.15, 0.2) is 23.3 Å². The number of aliphatic hydroxyl groups excluding tert-OH is 2. The highest BCUT2D eigenvalue weighted by molar-refractivity contribution is 5.10. The zero-order valence-electron chi connectivity index (χ0n) is 11.5. The van der Waals surface area contributed by atoms with Crippen LogP contribution in [0.4, 0.5) is 0 Å². The van der Waals surface area contributed by atoms with E-state index in [0.717, 1.165) is 12.8 Å². The van der Waals surface area contributed by atoms with Gasteiger partial charge in [0.05, 0.1) is 12.2 Å². The van der Waals surface area contributed by atoms with Crippen LogP contribution in [0.1, 0.15) is 47.0 Å². The van der Waals surface area contributed by atoms with Gasteiger partial charge in [0, 0.05) is 5.92 Å². The lowest BCUT2D eigenvalue weighted by atomic mass is 9.81. The highest BCUT2D eigenvalue weighted by atomic mass is 16.3. The molecule has 0 amide bonds. The van der Waals surface area contributed by atoms with Crippen molar-refractivity contribution >= 4 is 0 Å². The summed E-state index contributed by atoms with van der Waals surface area (Å²) in [4.78, 5) is 0. The lowest BCUT2D eigenvalue weighted by Gasteiger charge is -2.30. The van der Waals surface area contributed by atoms with Crippen molar-refractivity contribution in [2.24, 2.45) is 11.8 Å². The zero-order valence-corrected chi connectivity index (χ0v) is 11.5. The van der Waals surface area contributed by atoms with Gasteiger partial charge in [-0.3, -0.25) is 0 Å². The second kappa shape index (κ2) is 6.36. The Balaban J connectivity index is 2.95. The molecule has 2 nitrogen and oxygen atoms in total. The molecule has 17 heavy (non-hydrogen) atoms. The van der Waals surface area contributed by atoms with Crippen LogP contribution in [0.3, 0.4) is 0 Å². The van der Waals surface area contributed by atoms with Crippen LogP contribution >= 0.6 is 0 Å². The second-order valence-electron chi connectivity index (χ2n) is 5.69. The van der Waals surface area contributed by atoms with E-state index in [-0.39, 0.29) is 11.8 Å². The molecule has 2 heteroatoms. The maximum absolute atomic E-state index is 10.3. The Morgan fingerprint density at radius 1 is 1.18 bits per heavy atom. The summed E-state index contributed by atoms with van der Waals surface area (Å²) in [6.07, 6.45) is 5.80. The molecule has 0 saturated heterocycles. The molecule has 98 valence electrons. The molecule has 3 atom stereocenters. The molecule has 0 aromatic heterocycles. The average molecular weight is 238 g/mol. The first-order valence-corrected chi connectivity index (χ1v) is 6.61. The number of hydrogen-bond acceptors (Lipinski definition) is 2. The molecule has 0 aromatic rings. The van der Waals surface area contributed by atoms with Crippen LogP contribution < -0.4 is 0 Å². The molecule has 0 heterocycles. The Kier molecular flexibility index (Phi) is 5.41. The SMILES string of the molecule is C/C1=C/C(O)C(C(C)C)C(O)C/C(C)=C\CC1. The molecular formula is C15H26O2. The van der Waals surface area contributed by atoms with Crippen molar-refractivity contribution in [1.29, 1.82) is 0 Å². The van der Waals surface area contributed by atoms with Gasteiger partial charge in [0.2, 0.25) is 0 Å². The van der Waals surface area contributed by atoms with Crippen LogP contribution in [0.2, 0.25) is 0 Å². The standard InChI is InChI=1S/C15H26O2/c1-10(2)15-13(16)8-11(3)6-5-7-12(4)9-14(15)17/h6,9-10,13-17H,5,7-8H2,1-4H3/b11-6-,12-9-. The van der Waals surface area contributed by atoms with Gasteiger partial charge in [-0.15, -0.1) is 0 Å². The van der Waals surface area contributed by atoms with Crippen molar-refractivity contribution in [1.82, 2.24) is 0 Å². The first kappa shape index (κ1) is 14.5. The van der Waals surface area contributed by atoms with Crippen molar-refractivity contribution in [2.45, 2.75) is 59.2 Å². The van der Waals surface area contributed by atoms with Gasteiger partial charge < -0.3 is 10.2 Å². The van der Waals surface area contributed by atoms with E-state index < -0.39 is 12.2 Å². The first-order valence-electron chi connectivity index (χ1n) is 6.61. The molecule has 0 saturated carbocycles. The molecular weight excluding hydrogens is 212 g/mol. The quantitative estimate of drug-likeness (QED) is 0.689. The molecule has 0 spiro atoms. The van der Waals surface area contributed by atoms with Gasteiger partial charge in [-0.1, -0.05) is 37.1 Å². The van der Waals surface area contributed by atoms with Gasteiger partial charge in [-0.2, -0.15) is 0 Å². The van der Waals surface area contributed by atoms with E-state index in [1.807, 2.05) is 6.08 Å². The number of rotatable bonds is 1. The molecule has 0 aromatic carbocycles. The van der Waals surface area contributed by atoms with Gasteiger partial charge in [-0.05, 0) is 39.0 Å². The van der Waals surface area contributed by atoms with Crippen molar-refractivity contribution in [3.8, 4) is 0 Å². The van der Waals surface area contributed by atoms with Gasteiger partial charge >= 0.3 is 0 Å². The minimum absolute atomic E-state index is 0.0774. The summed E-state index contributed by atoms with van der Waals surface area (Å²) in [5.41, 5.74) is 2.44. The van der Waals surface area contributed by atoms with Crippen LogP contribution in [0, 0.1) is 11.8 Å². The first-order chi connectivity index (χ1) is 7.91. The topological polar surface area (TPSA) is 40.5 Å². The van der Waals surface area contributed by atoms with E-state index in [0.29, 0.717) is 6.42 Å². The summed E-state index contributed by atoms with van der Waals surface area (Å²) in [5.74, 6) is 0.197. The Labute approximate surface area is 105 Å². The monoisotopic (exact) mass is 238 g/mol. The van der Waals surface area contributed by atoms with E-state index in [1.165, 1.54) is 11.1 Å². The number of hydrogen-bond donors (Lipinski definition) is 2. The smallest absolute Gasteiger partial charge is 0.0778 e. The molecule has 2 N–H and O–H groups in total. The summed E-state index contributed by atoms with van der Waals surface area (Å²) >= 11 is 0. The van der Waals surface area contributed by atoms with Crippen molar-refractivity contribution in [3.05, 3.63) is 23.3 Å². The fourth-order valence-electron chi connectivity index (χ4n) is 2.65. The lowest BCUT2D eigenvalue weighted by Crippen LogP contribution is -2.35. The Hall–Kier alpha value is -0.600. The minimum atomic E-state index is -0.532. The summed E-state index contributed by atoms with van der Waals surface area (Å²) in [6.45, 7) is 8.24. The van der Waals surface area contributed by atoms with E-state index in [1.54, 1.807) is 0 Å². The van der Waals surface area contributed by atoms with Gasteiger partial charge in [0.25, 0.3) is 0 Å². The van der Waals surface area contributed by atoms with Crippen molar-refractivity contribution in [2.75, 3.05) is 0 Å². The van der Waals surface area contributed by atoms with Crippen LogP contribution in [-0.4, -0.2) is 22.4 Å². The van der Waals surface area contributed by atoms with E-state index in [2.05, 4.69) is 33.8 Å². The van der Waals surface area contributed by atoms with E-state index in [4.69, 9.17) is 0 Å². The Morgan fingerprint density at radius 2 is 1.82 bits per heavy atom. The van der Waals surface area contributed by atoms with Crippen molar-refractivity contribution < 1.29 is 10.2 Å². The third-order valence-corrected chi connectivity index (χ3v) is 3.63. The Morgan fingerprint density at radius 3 is 2.41 bits per heavy atom. The zero-order chi connectivity index (χ0) is 13.0. The number of allylic oxidation sites excluding steroid dienone is 2. The van der Waals surface area contributed by atoms with E-state index >= 15 is 0 Å². The summed E-state index contributed by atoms with van der Waals surface area (Å²) in [5, 5.41) is 20.5. The molecule has 1 rings (SSSR count). The molecule has 1 aliphatic carbocycles. The van der Waals surface area contributed by atoms with Gasteiger partial charge in [0.15, 0.2) is 0 Å². The highest BCUT2D eigenvalue weighted by Crippen LogP contribution is 2.27. The molecule has 1 aliphatic rings. The molecule has 0 aliphatic heterocycles. The second-order valence-corrected chi connectivity index (χ2v) is 5.69. The minimum Gasteiger partial charge on any atom is -0.392 e. The third-order valence-electron chi connectivity index (χ3n) is 3.63. The maximum Gasteiger partial charge on any atom is 0.0778 e. The summed E-state index contributed by atoms with van der Waals surface area (Å²) in [6, 6.07) is 0. The van der Waals surface area contributed by atoms with Crippen molar-refractivity contribution in [3.63, 3.8) is 0 Å².